The molecule has 0 aromatic heterocycles. The molecule has 0 aliphatic carbocycles. The van der Waals surface area contributed by atoms with E-state index in [4.69, 9.17) is 5.73 Å². The Hall–Kier alpha value is -5.22. The van der Waals surface area contributed by atoms with Crippen molar-refractivity contribution in [3.8, 4) is 0 Å². The van der Waals surface area contributed by atoms with E-state index < -0.39 is 115 Å². The Morgan fingerprint density at radius 1 is 0.836 bits per heavy atom. The van der Waals surface area contributed by atoms with Crippen molar-refractivity contribution in [1.82, 2.24) is 42.5 Å². The van der Waals surface area contributed by atoms with Gasteiger partial charge in [0.25, 0.3) is 0 Å². The van der Waals surface area contributed by atoms with Crippen molar-refractivity contribution < 1.29 is 58.8 Å². The molecule has 1 fully saturated rings. The summed E-state index contributed by atoms with van der Waals surface area (Å²) in [6.07, 6.45) is -1.70. The van der Waals surface area contributed by atoms with Crippen molar-refractivity contribution in [3.63, 3.8) is 0 Å². The second-order valence-electron chi connectivity index (χ2n) is 12.9. The van der Waals surface area contributed by atoms with E-state index in [1.54, 1.807) is 30.3 Å². The highest BCUT2D eigenvalue weighted by molar-refractivity contribution is 5.97. The molecule has 0 bridgehead atoms. The van der Waals surface area contributed by atoms with Crippen molar-refractivity contribution in [1.29, 1.82) is 0 Å². The third-order valence-electron chi connectivity index (χ3n) is 8.65. The van der Waals surface area contributed by atoms with Crippen LogP contribution in [0.4, 0.5) is 0 Å². The number of hydrogen-bond donors (Lipinski definition) is 13. The van der Waals surface area contributed by atoms with E-state index >= 15 is 0 Å². The fraction of sp³-hybridized carbons (Fsp3) is 0.588. The number of carbonyl (C=O) groups excluding carboxylic acids is 8. The number of carbonyl (C=O) groups is 8. The lowest BCUT2D eigenvalue weighted by molar-refractivity contribution is -0.137. The third-order valence-corrected chi connectivity index (χ3v) is 8.65. The van der Waals surface area contributed by atoms with Crippen molar-refractivity contribution in [2.24, 2.45) is 5.73 Å². The lowest BCUT2D eigenvalue weighted by Crippen LogP contribution is -2.62. The van der Waals surface area contributed by atoms with E-state index in [1.807, 2.05) is 0 Å². The van der Waals surface area contributed by atoms with Gasteiger partial charge in [0.1, 0.15) is 42.3 Å². The first-order valence-corrected chi connectivity index (χ1v) is 17.8. The normalized spacial score (nSPS) is 22.7. The number of hydrogen-bond acceptors (Lipinski definition) is 13. The monoisotopic (exact) mass is 779 g/mol. The van der Waals surface area contributed by atoms with Crippen molar-refractivity contribution in [3.05, 3.63) is 35.9 Å². The molecule has 306 valence electrons. The van der Waals surface area contributed by atoms with Gasteiger partial charge in [0, 0.05) is 19.4 Å². The van der Waals surface area contributed by atoms with Crippen LogP contribution in [0.15, 0.2) is 30.3 Å². The molecular weight excluding hydrogens is 726 g/mol. The van der Waals surface area contributed by atoms with Crippen LogP contribution in [0, 0.1) is 0 Å². The average molecular weight is 780 g/mol. The van der Waals surface area contributed by atoms with Gasteiger partial charge in [-0.05, 0) is 45.2 Å². The summed E-state index contributed by atoms with van der Waals surface area (Å²) in [5, 5.41) is 59.1. The van der Waals surface area contributed by atoms with Gasteiger partial charge in [-0.2, -0.15) is 0 Å². The molecule has 1 unspecified atom stereocenters. The highest BCUT2D eigenvalue weighted by atomic mass is 16.3. The van der Waals surface area contributed by atoms with Gasteiger partial charge < -0.3 is 68.7 Å². The molecular formula is C34H53N9O12. The number of nitrogens with one attached hydrogen (secondary N) is 8. The van der Waals surface area contributed by atoms with Crippen LogP contribution in [0.1, 0.15) is 44.6 Å². The van der Waals surface area contributed by atoms with Crippen molar-refractivity contribution >= 4 is 47.3 Å². The van der Waals surface area contributed by atoms with Crippen LogP contribution in [0.25, 0.3) is 0 Å². The quantitative estimate of drug-likeness (QED) is 0.0837. The molecule has 8 atom stereocenters. The first kappa shape index (κ1) is 45.9. The number of rotatable bonds is 14. The molecule has 1 aliphatic rings. The molecule has 55 heavy (non-hydrogen) atoms. The Morgan fingerprint density at radius 2 is 1.51 bits per heavy atom. The molecule has 21 heteroatoms. The van der Waals surface area contributed by atoms with Crippen LogP contribution in [0.3, 0.4) is 0 Å². The number of benzene rings is 1. The maximum Gasteiger partial charge on any atom is 0.245 e. The summed E-state index contributed by atoms with van der Waals surface area (Å²) in [7, 11) is 1.40. The first-order chi connectivity index (χ1) is 26.1. The Bertz CT molecular complexity index is 1480. The second kappa shape index (κ2) is 23.5. The molecule has 1 aromatic carbocycles. The van der Waals surface area contributed by atoms with Gasteiger partial charge in [0.15, 0.2) is 0 Å². The van der Waals surface area contributed by atoms with E-state index in [-0.39, 0.29) is 45.1 Å². The highest BCUT2D eigenvalue weighted by Gasteiger charge is 2.35. The second-order valence-corrected chi connectivity index (χ2v) is 12.9. The van der Waals surface area contributed by atoms with Crippen LogP contribution in [-0.2, 0) is 44.8 Å². The predicted molar refractivity (Wildman–Crippen MR) is 193 cm³/mol. The molecule has 1 aromatic rings. The molecule has 0 radical (unpaired) electrons. The number of amides is 8. The van der Waals surface area contributed by atoms with Gasteiger partial charge in [-0.15, -0.1) is 0 Å². The van der Waals surface area contributed by atoms with E-state index in [1.165, 1.54) is 7.05 Å². The Morgan fingerprint density at radius 3 is 2.09 bits per heavy atom. The fourth-order valence-corrected chi connectivity index (χ4v) is 5.38. The van der Waals surface area contributed by atoms with Crippen LogP contribution < -0.4 is 48.3 Å². The average Bonchev–Trinajstić information content (AvgIpc) is 3.15. The summed E-state index contributed by atoms with van der Waals surface area (Å²) >= 11 is 0. The van der Waals surface area contributed by atoms with Gasteiger partial charge in [-0.25, -0.2) is 0 Å². The van der Waals surface area contributed by atoms with E-state index in [0.29, 0.717) is 5.56 Å². The largest absolute Gasteiger partial charge is 0.394 e. The molecule has 0 saturated carbocycles. The smallest absolute Gasteiger partial charge is 0.245 e. The summed E-state index contributed by atoms with van der Waals surface area (Å²) in [5.74, 6) is -7.27. The molecule has 21 nitrogen and oxygen atoms in total. The summed E-state index contributed by atoms with van der Waals surface area (Å²) in [6, 6.07) is -1.56. The lowest BCUT2D eigenvalue weighted by Gasteiger charge is -2.28. The summed E-state index contributed by atoms with van der Waals surface area (Å²) in [5.41, 5.74) is 6.16. The van der Waals surface area contributed by atoms with Gasteiger partial charge in [0.2, 0.25) is 47.3 Å². The highest BCUT2D eigenvalue weighted by Crippen LogP contribution is 2.08. The van der Waals surface area contributed by atoms with Crippen molar-refractivity contribution in [2.45, 2.75) is 93.8 Å². The summed E-state index contributed by atoms with van der Waals surface area (Å²) < 4.78 is 0. The number of likely N-dealkylation sites (N-methyl/N-ethyl adjacent to an activating group) is 1. The zero-order valence-electron chi connectivity index (χ0n) is 30.7. The van der Waals surface area contributed by atoms with E-state index in [2.05, 4.69) is 42.5 Å². The minimum absolute atomic E-state index is 0.0238. The topological polar surface area (TPSA) is 340 Å². The Balaban J connectivity index is 2.28. The van der Waals surface area contributed by atoms with Gasteiger partial charge in [-0.1, -0.05) is 30.3 Å². The van der Waals surface area contributed by atoms with Crippen LogP contribution in [0.2, 0.25) is 0 Å². The Kier molecular flexibility index (Phi) is 19.7. The summed E-state index contributed by atoms with van der Waals surface area (Å²) in [6.45, 7) is -1.29. The molecule has 1 heterocycles. The van der Waals surface area contributed by atoms with E-state index in [9.17, 15) is 58.8 Å². The zero-order valence-corrected chi connectivity index (χ0v) is 30.7. The van der Waals surface area contributed by atoms with Crippen LogP contribution in [0.5, 0.6) is 0 Å². The van der Waals surface area contributed by atoms with Crippen LogP contribution in [-0.4, -0.2) is 149 Å². The third kappa shape index (κ3) is 15.2. The number of nitrogens with two attached hydrogens (primary N) is 1. The maximum atomic E-state index is 13.5. The molecule has 1 aliphatic heterocycles. The van der Waals surface area contributed by atoms with Crippen LogP contribution >= 0.6 is 0 Å². The first-order valence-electron chi connectivity index (χ1n) is 17.8. The van der Waals surface area contributed by atoms with Gasteiger partial charge >= 0.3 is 0 Å². The number of aliphatic hydroxyl groups excluding tert-OH is 4. The van der Waals surface area contributed by atoms with Crippen molar-refractivity contribution in [2.75, 3.05) is 33.4 Å². The number of primary amides is 1. The SMILES string of the molecule is CN[C@@H](CO)C(=O)N[C@H]1CCC(=O)NCCCC[C@@H](C(=O)N[C@@H](CO)C(=O)N[C@@H](Cc2ccccc2)C(N)=O)NC(=O)[C@H](CO)NC(=O)[C@H](C(C)O)NC1=O. The van der Waals surface area contributed by atoms with E-state index in [0.717, 1.165) is 6.92 Å². The zero-order chi connectivity index (χ0) is 41.1. The number of aliphatic hydroxyl groups is 4. The molecule has 2 rings (SSSR count). The molecule has 0 spiro atoms. The Labute approximate surface area is 317 Å². The van der Waals surface area contributed by atoms with Gasteiger partial charge in [-0.3, -0.25) is 38.4 Å². The molecule has 1 saturated heterocycles. The maximum absolute atomic E-state index is 13.5. The minimum Gasteiger partial charge on any atom is -0.394 e. The standard InChI is InChI=1S/C34H53N9O12/c1-18(47)27-34(55)42-25(17-46)32(53)38-20(29(50)41-24(16-45)33(54)40-22(28(35)49)14-19-8-4-3-5-9-19)10-6-7-13-37-26(48)12-11-21(30(51)43-27)39-31(52)23(15-44)36-2/h3-5,8-9,18,20-25,27,36,44-47H,6-7,10-17H2,1-2H3,(H2,35,49)(H,37,48)(H,38,53)(H,39,52)(H,40,54)(H,41,50)(H,42,55)(H,43,51)/t18?,20-,21-,22-,23-,24-,25-,27-/m0/s1. The predicted octanol–water partition coefficient (Wildman–Crippen LogP) is -6.35. The van der Waals surface area contributed by atoms with Gasteiger partial charge in [0.05, 0.1) is 25.9 Å². The molecule has 8 amide bonds. The lowest BCUT2D eigenvalue weighted by atomic mass is 10.0. The molecule has 14 N–H and O–H groups in total. The fourth-order valence-electron chi connectivity index (χ4n) is 5.38. The summed E-state index contributed by atoms with van der Waals surface area (Å²) in [4.78, 5) is 104. The minimum atomic E-state index is -1.74.